The highest BCUT2D eigenvalue weighted by Gasteiger charge is 2.39. The Morgan fingerprint density at radius 3 is 2.38 bits per heavy atom. The number of aryl methyl sites for hydroxylation is 2. The second kappa shape index (κ2) is 5.77. The van der Waals surface area contributed by atoms with E-state index in [4.69, 9.17) is 5.11 Å². The van der Waals surface area contributed by atoms with E-state index >= 15 is 0 Å². The average Bonchev–Trinajstić information content (AvgIpc) is 2.78. The first-order valence-corrected chi connectivity index (χ1v) is 8.55. The highest BCUT2D eigenvalue weighted by Crippen LogP contribution is 2.34. The molecule has 116 valence electrons. The Hall–Kier alpha value is -1.40. The highest BCUT2D eigenvalue weighted by molar-refractivity contribution is 7.89. The fourth-order valence-electron chi connectivity index (χ4n) is 2.88. The zero-order valence-corrected chi connectivity index (χ0v) is 13.2. The summed E-state index contributed by atoms with van der Waals surface area (Å²) in [6, 6.07) is 4.96. The molecule has 0 atom stereocenters. The van der Waals surface area contributed by atoms with Gasteiger partial charge in [-0.1, -0.05) is 18.9 Å². The highest BCUT2D eigenvalue weighted by atomic mass is 32.2. The Balaban J connectivity index is 2.30. The molecule has 1 saturated carbocycles. The van der Waals surface area contributed by atoms with Crippen molar-refractivity contribution in [3.63, 3.8) is 0 Å². The molecule has 0 spiro atoms. The zero-order chi connectivity index (χ0) is 15.7. The lowest BCUT2D eigenvalue weighted by molar-refractivity contribution is -0.138. The van der Waals surface area contributed by atoms with Crippen molar-refractivity contribution in [2.75, 3.05) is 0 Å². The maximum Gasteiger partial charge on any atom is 0.305 e. The summed E-state index contributed by atoms with van der Waals surface area (Å²) in [5.41, 5.74) is 1.08. The van der Waals surface area contributed by atoms with E-state index in [2.05, 4.69) is 4.72 Å². The zero-order valence-electron chi connectivity index (χ0n) is 12.3. The van der Waals surface area contributed by atoms with Crippen LogP contribution in [0, 0.1) is 13.8 Å². The molecule has 1 aliphatic carbocycles. The van der Waals surface area contributed by atoms with Crippen LogP contribution in [0.25, 0.3) is 0 Å². The summed E-state index contributed by atoms with van der Waals surface area (Å²) in [4.78, 5) is 11.2. The van der Waals surface area contributed by atoms with E-state index in [9.17, 15) is 13.2 Å². The van der Waals surface area contributed by atoms with Gasteiger partial charge in [0.25, 0.3) is 0 Å². The summed E-state index contributed by atoms with van der Waals surface area (Å²) in [6.45, 7) is 3.78. The first-order valence-electron chi connectivity index (χ1n) is 7.07. The van der Waals surface area contributed by atoms with Gasteiger partial charge in [-0.15, -0.1) is 0 Å². The van der Waals surface area contributed by atoms with Gasteiger partial charge >= 0.3 is 5.97 Å². The number of hydrogen-bond donors (Lipinski definition) is 2. The molecule has 0 unspecified atom stereocenters. The van der Waals surface area contributed by atoms with Gasteiger partial charge in [-0.3, -0.25) is 4.79 Å². The Morgan fingerprint density at radius 1 is 1.24 bits per heavy atom. The van der Waals surface area contributed by atoms with Gasteiger partial charge in [0.15, 0.2) is 0 Å². The van der Waals surface area contributed by atoms with E-state index in [0.29, 0.717) is 12.8 Å². The summed E-state index contributed by atoms with van der Waals surface area (Å²) in [7, 11) is -3.70. The van der Waals surface area contributed by atoms with Gasteiger partial charge in [-0.25, -0.2) is 13.1 Å². The molecule has 0 aliphatic heterocycles. The first-order chi connectivity index (χ1) is 9.74. The summed E-state index contributed by atoms with van der Waals surface area (Å²) in [5.74, 6) is -0.973. The van der Waals surface area contributed by atoms with E-state index in [0.717, 1.165) is 24.0 Å². The second-order valence-corrected chi connectivity index (χ2v) is 7.59. The number of sulfonamides is 1. The first kappa shape index (κ1) is 16.0. The molecule has 1 aliphatic rings. The molecule has 21 heavy (non-hydrogen) atoms. The normalized spacial score (nSPS) is 17.8. The average molecular weight is 311 g/mol. The number of aliphatic carboxylic acids is 1. The van der Waals surface area contributed by atoms with Gasteiger partial charge in [0.05, 0.1) is 11.3 Å². The Kier molecular flexibility index (Phi) is 4.39. The fourth-order valence-corrected chi connectivity index (χ4v) is 4.42. The molecular formula is C15H21NO4S. The van der Waals surface area contributed by atoms with Crippen LogP contribution in [0.2, 0.25) is 0 Å². The number of carboxylic acids is 1. The molecule has 0 aromatic heterocycles. The predicted molar refractivity (Wildman–Crippen MR) is 79.7 cm³/mol. The van der Waals surface area contributed by atoms with Crippen molar-refractivity contribution in [1.29, 1.82) is 0 Å². The van der Waals surface area contributed by atoms with Gasteiger partial charge in [0.1, 0.15) is 0 Å². The molecule has 6 heteroatoms. The van der Waals surface area contributed by atoms with E-state index in [1.54, 1.807) is 18.2 Å². The van der Waals surface area contributed by atoms with Crippen LogP contribution in [0.15, 0.2) is 23.1 Å². The van der Waals surface area contributed by atoms with Gasteiger partial charge in [0, 0.05) is 5.54 Å². The van der Waals surface area contributed by atoms with Gasteiger partial charge < -0.3 is 5.11 Å². The Bertz CT molecular complexity index is 646. The predicted octanol–water partition coefficient (Wildman–Crippen LogP) is 2.37. The number of benzene rings is 1. The third kappa shape index (κ3) is 3.63. The van der Waals surface area contributed by atoms with Crippen molar-refractivity contribution >= 4 is 16.0 Å². The van der Waals surface area contributed by atoms with Crippen molar-refractivity contribution in [2.24, 2.45) is 0 Å². The quantitative estimate of drug-likeness (QED) is 0.874. The van der Waals surface area contributed by atoms with E-state index in [-0.39, 0.29) is 11.3 Å². The Morgan fingerprint density at radius 2 is 1.86 bits per heavy atom. The van der Waals surface area contributed by atoms with E-state index in [1.165, 1.54) is 0 Å². The second-order valence-electron chi connectivity index (χ2n) is 5.91. The van der Waals surface area contributed by atoms with Crippen LogP contribution < -0.4 is 4.72 Å². The van der Waals surface area contributed by atoms with Crippen LogP contribution in [0.5, 0.6) is 0 Å². The minimum Gasteiger partial charge on any atom is -0.481 e. The number of hydrogen-bond acceptors (Lipinski definition) is 3. The molecule has 0 heterocycles. The van der Waals surface area contributed by atoms with E-state index < -0.39 is 21.5 Å². The maximum atomic E-state index is 12.5. The molecule has 2 rings (SSSR count). The van der Waals surface area contributed by atoms with Gasteiger partial charge in [-0.2, -0.15) is 0 Å². The lowest BCUT2D eigenvalue weighted by Gasteiger charge is -2.28. The molecule has 0 bridgehead atoms. The third-order valence-electron chi connectivity index (χ3n) is 4.19. The number of rotatable bonds is 5. The molecule has 0 amide bonds. The molecule has 1 aromatic carbocycles. The Labute approximate surface area is 125 Å². The lowest BCUT2D eigenvalue weighted by Crippen LogP contribution is -2.47. The molecule has 2 N–H and O–H groups in total. The molecule has 5 nitrogen and oxygen atoms in total. The largest absolute Gasteiger partial charge is 0.481 e. The standard InChI is InChI=1S/C15H21NO4S/c1-11-5-6-13(9-12(11)2)21(19,20)16-15(10-14(17)18)7-3-4-8-15/h5-6,9,16H,3-4,7-8,10H2,1-2H3,(H,17,18). The van der Waals surface area contributed by atoms with Crippen LogP contribution in [0.3, 0.4) is 0 Å². The topological polar surface area (TPSA) is 83.5 Å². The SMILES string of the molecule is Cc1ccc(S(=O)(=O)NC2(CC(=O)O)CCCC2)cc1C. The van der Waals surface area contributed by atoms with Gasteiger partial charge in [-0.05, 0) is 49.9 Å². The summed E-state index contributed by atoms with van der Waals surface area (Å²) < 4.78 is 27.7. The summed E-state index contributed by atoms with van der Waals surface area (Å²) >= 11 is 0. The molecule has 1 aromatic rings. The number of carbonyl (C=O) groups is 1. The van der Waals surface area contributed by atoms with Crippen LogP contribution >= 0.6 is 0 Å². The fraction of sp³-hybridized carbons (Fsp3) is 0.533. The molecule has 0 radical (unpaired) electrons. The lowest BCUT2D eigenvalue weighted by atomic mass is 9.95. The maximum absolute atomic E-state index is 12.5. The van der Waals surface area contributed by atoms with Crippen molar-refractivity contribution in [3.05, 3.63) is 29.3 Å². The molecule has 1 fully saturated rings. The van der Waals surface area contributed by atoms with Crippen molar-refractivity contribution in [1.82, 2.24) is 4.72 Å². The smallest absolute Gasteiger partial charge is 0.305 e. The minimum absolute atomic E-state index is 0.170. The van der Waals surface area contributed by atoms with Crippen LogP contribution in [0.4, 0.5) is 0 Å². The summed E-state index contributed by atoms with van der Waals surface area (Å²) in [6.07, 6.45) is 2.68. The third-order valence-corrected chi connectivity index (χ3v) is 5.77. The number of nitrogens with one attached hydrogen (secondary N) is 1. The van der Waals surface area contributed by atoms with E-state index in [1.807, 2.05) is 13.8 Å². The monoisotopic (exact) mass is 311 g/mol. The minimum atomic E-state index is -3.70. The van der Waals surface area contributed by atoms with Crippen molar-refractivity contribution < 1.29 is 18.3 Å². The molecule has 0 saturated heterocycles. The van der Waals surface area contributed by atoms with Crippen LogP contribution in [-0.2, 0) is 14.8 Å². The van der Waals surface area contributed by atoms with Crippen LogP contribution in [0.1, 0.15) is 43.2 Å². The van der Waals surface area contributed by atoms with Crippen LogP contribution in [-0.4, -0.2) is 25.0 Å². The molecular weight excluding hydrogens is 290 g/mol. The number of carboxylic acid groups (broad SMARTS) is 1. The van der Waals surface area contributed by atoms with Crippen molar-refractivity contribution in [2.45, 2.75) is 56.4 Å². The van der Waals surface area contributed by atoms with Crippen molar-refractivity contribution in [3.8, 4) is 0 Å². The van der Waals surface area contributed by atoms with Gasteiger partial charge in [0.2, 0.25) is 10.0 Å². The summed E-state index contributed by atoms with van der Waals surface area (Å²) in [5, 5.41) is 9.05.